The number of hydrogen-bond donors (Lipinski definition) is 1. The fourth-order valence-electron chi connectivity index (χ4n) is 3.90. The van der Waals surface area contributed by atoms with Crippen molar-refractivity contribution in [2.75, 3.05) is 26.9 Å². The number of fused-ring (bicyclic) bond motifs is 3. The van der Waals surface area contributed by atoms with Gasteiger partial charge in [0.15, 0.2) is 5.69 Å². The number of amides is 1. The van der Waals surface area contributed by atoms with Crippen LogP contribution in [0.4, 0.5) is 0 Å². The van der Waals surface area contributed by atoms with Crippen LogP contribution in [0.1, 0.15) is 23.8 Å². The predicted octanol–water partition coefficient (Wildman–Crippen LogP) is 3.70. The summed E-state index contributed by atoms with van der Waals surface area (Å²) in [5.74, 6) is 0.118. The number of para-hydroxylation sites is 1. The molecule has 2 heterocycles. The minimum absolute atomic E-state index is 0.171. The molecule has 33 heavy (non-hydrogen) atoms. The van der Waals surface area contributed by atoms with E-state index in [0.717, 1.165) is 10.9 Å². The number of carbonyl (C=O) groups excluding carboxylic acids is 1. The topological polar surface area (TPSA) is 87.4 Å². The van der Waals surface area contributed by atoms with E-state index in [1.807, 2.05) is 31.2 Å². The number of benzene rings is 2. The standard InChI is InChI=1S/C24H25ClN4O4/c1-4-33-13-7-12-26-23(30)21-20-16-8-5-6-9-18(16)28(2)22(20)24(31)29(27-21)15-10-11-19(32-3)17(25)14-15/h5-6,8-11,14H,4,7,12-13H2,1-3H3,(H,26,30). The molecule has 9 heteroatoms. The summed E-state index contributed by atoms with van der Waals surface area (Å²) in [5, 5.41) is 9.04. The summed E-state index contributed by atoms with van der Waals surface area (Å²) in [7, 11) is 3.32. The summed E-state index contributed by atoms with van der Waals surface area (Å²) in [5.41, 5.74) is 1.48. The van der Waals surface area contributed by atoms with E-state index in [4.69, 9.17) is 21.1 Å². The zero-order chi connectivity index (χ0) is 23.5. The first-order valence-electron chi connectivity index (χ1n) is 10.7. The monoisotopic (exact) mass is 468 g/mol. The largest absolute Gasteiger partial charge is 0.495 e. The van der Waals surface area contributed by atoms with Crippen LogP contribution in [0.2, 0.25) is 5.02 Å². The number of halogens is 1. The van der Waals surface area contributed by atoms with Crippen LogP contribution in [0, 0.1) is 0 Å². The molecule has 0 bridgehead atoms. The number of aromatic nitrogens is 3. The van der Waals surface area contributed by atoms with Crippen LogP contribution in [0.5, 0.6) is 5.75 Å². The Labute approximate surface area is 195 Å². The lowest BCUT2D eigenvalue weighted by Crippen LogP contribution is -2.31. The van der Waals surface area contributed by atoms with Crippen molar-refractivity contribution in [3.05, 3.63) is 63.5 Å². The fraction of sp³-hybridized carbons (Fsp3) is 0.292. The van der Waals surface area contributed by atoms with Gasteiger partial charge in [0, 0.05) is 43.1 Å². The van der Waals surface area contributed by atoms with Gasteiger partial charge in [-0.15, -0.1) is 0 Å². The van der Waals surface area contributed by atoms with E-state index < -0.39 is 0 Å². The quantitative estimate of drug-likeness (QED) is 0.398. The van der Waals surface area contributed by atoms with Crippen LogP contribution in [0.3, 0.4) is 0 Å². The van der Waals surface area contributed by atoms with Gasteiger partial charge < -0.3 is 19.4 Å². The van der Waals surface area contributed by atoms with Crippen molar-refractivity contribution in [2.45, 2.75) is 13.3 Å². The van der Waals surface area contributed by atoms with Gasteiger partial charge in [0.25, 0.3) is 11.5 Å². The van der Waals surface area contributed by atoms with Crippen molar-refractivity contribution in [3.8, 4) is 11.4 Å². The number of nitrogens with zero attached hydrogens (tertiary/aromatic N) is 3. The lowest BCUT2D eigenvalue weighted by Gasteiger charge is -2.12. The van der Waals surface area contributed by atoms with Gasteiger partial charge in [0.05, 0.1) is 17.8 Å². The molecule has 0 aliphatic rings. The van der Waals surface area contributed by atoms with Crippen molar-refractivity contribution in [1.29, 1.82) is 0 Å². The molecule has 0 unspecified atom stereocenters. The van der Waals surface area contributed by atoms with Gasteiger partial charge in [-0.2, -0.15) is 9.78 Å². The van der Waals surface area contributed by atoms with Crippen LogP contribution in [-0.2, 0) is 11.8 Å². The van der Waals surface area contributed by atoms with E-state index in [0.29, 0.717) is 53.5 Å². The summed E-state index contributed by atoms with van der Waals surface area (Å²) in [6.45, 7) is 3.54. The summed E-state index contributed by atoms with van der Waals surface area (Å²) in [6.07, 6.45) is 0.673. The van der Waals surface area contributed by atoms with E-state index in [1.54, 1.807) is 29.8 Å². The smallest absolute Gasteiger partial charge is 0.296 e. The van der Waals surface area contributed by atoms with Gasteiger partial charge >= 0.3 is 0 Å². The highest BCUT2D eigenvalue weighted by atomic mass is 35.5. The molecule has 0 radical (unpaired) electrons. The zero-order valence-electron chi connectivity index (χ0n) is 18.7. The molecule has 0 fully saturated rings. The molecule has 2 aromatic heterocycles. The number of methoxy groups -OCH3 is 1. The Morgan fingerprint density at radius 2 is 2.00 bits per heavy atom. The lowest BCUT2D eigenvalue weighted by molar-refractivity contribution is 0.0939. The minimum Gasteiger partial charge on any atom is -0.495 e. The van der Waals surface area contributed by atoms with Crippen LogP contribution in [-0.4, -0.2) is 47.1 Å². The summed E-state index contributed by atoms with van der Waals surface area (Å²) < 4.78 is 13.6. The van der Waals surface area contributed by atoms with Crippen LogP contribution in [0.15, 0.2) is 47.3 Å². The second kappa shape index (κ2) is 9.64. The van der Waals surface area contributed by atoms with Crippen molar-refractivity contribution < 1.29 is 14.3 Å². The Bertz CT molecular complexity index is 1390. The molecule has 0 aliphatic carbocycles. The van der Waals surface area contributed by atoms with Gasteiger partial charge in [0.1, 0.15) is 11.3 Å². The summed E-state index contributed by atoms with van der Waals surface area (Å²) >= 11 is 6.29. The Morgan fingerprint density at radius 3 is 2.73 bits per heavy atom. The van der Waals surface area contributed by atoms with Gasteiger partial charge in [0.2, 0.25) is 0 Å². The van der Waals surface area contributed by atoms with Crippen LogP contribution in [0.25, 0.3) is 27.5 Å². The van der Waals surface area contributed by atoms with Crippen molar-refractivity contribution >= 4 is 39.3 Å². The van der Waals surface area contributed by atoms with Crippen molar-refractivity contribution in [2.24, 2.45) is 7.05 Å². The second-order valence-corrected chi connectivity index (χ2v) is 7.90. The molecule has 0 spiro atoms. The molecular formula is C24H25ClN4O4. The van der Waals surface area contributed by atoms with E-state index in [2.05, 4.69) is 10.4 Å². The van der Waals surface area contributed by atoms with Crippen molar-refractivity contribution in [3.63, 3.8) is 0 Å². The maximum absolute atomic E-state index is 13.5. The molecule has 8 nitrogen and oxygen atoms in total. The minimum atomic E-state index is -0.360. The van der Waals surface area contributed by atoms with Gasteiger partial charge in [-0.3, -0.25) is 9.59 Å². The maximum Gasteiger partial charge on any atom is 0.296 e. The maximum atomic E-state index is 13.5. The van der Waals surface area contributed by atoms with E-state index in [1.165, 1.54) is 11.8 Å². The zero-order valence-corrected chi connectivity index (χ0v) is 19.5. The van der Waals surface area contributed by atoms with E-state index in [-0.39, 0.29) is 17.2 Å². The molecule has 0 atom stereocenters. The van der Waals surface area contributed by atoms with Crippen molar-refractivity contribution in [1.82, 2.24) is 19.7 Å². The van der Waals surface area contributed by atoms with Gasteiger partial charge in [-0.1, -0.05) is 29.8 Å². The first kappa shape index (κ1) is 22.8. The molecular weight excluding hydrogens is 444 g/mol. The summed E-state index contributed by atoms with van der Waals surface area (Å²) in [4.78, 5) is 26.8. The first-order valence-corrected chi connectivity index (χ1v) is 11.1. The third-order valence-electron chi connectivity index (χ3n) is 5.49. The molecule has 1 N–H and O–H groups in total. The molecule has 4 rings (SSSR count). The molecule has 0 aliphatic heterocycles. The third-order valence-corrected chi connectivity index (χ3v) is 5.78. The highest BCUT2D eigenvalue weighted by Crippen LogP contribution is 2.30. The van der Waals surface area contributed by atoms with E-state index in [9.17, 15) is 9.59 Å². The highest BCUT2D eigenvalue weighted by Gasteiger charge is 2.23. The number of carbonyl (C=O) groups is 1. The highest BCUT2D eigenvalue weighted by molar-refractivity contribution is 6.32. The Kier molecular flexibility index (Phi) is 6.67. The number of ether oxygens (including phenoxy) is 2. The Balaban J connectivity index is 1.90. The SMILES string of the molecule is CCOCCCNC(=O)c1nn(-c2ccc(OC)c(Cl)c2)c(=O)c2c1c1ccccc1n2C. The molecule has 4 aromatic rings. The molecule has 172 valence electrons. The predicted molar refractivity (Wildman–Crippen MR) is 129 cm³/mol. The summed E-state index contributed by atoms with van der Waals surface area (Å²) in [6, 6.07) is 12.5. The van der Waals surface area contributed by atoms with Gasteiger partial charge in [-0.05, 0) is 37.6 Å². The Hall–Kier alpha value is -3.36. The number of rotatable bonds is 8. The third kappa shape index (κ3) is 4.19. The average molecular weight is 469 g/mol. The molecule has 0 saturated carbocycles. The van der Waals surface area contributed by atoms with Crippen LogP contribution < -0.4 is 15.6 Å². The average Bonchev–Trinajstić information content (AvgIpc) is 3.12. The molecule has 0 saturated heterocycles. The molecule has 2 aromatic carbocycles. The van der Waals surface area contributed by atoms with Crippen LogP contribution >= 0.6 is 11.6 Å². The second-order valence-electron chi connectivity index (χ2n) is 7.49. The first-order chi connectivity index (χ1) is 16.0. The lowest BCUT2D eigenvalue weighted by atomic mass is 10.1. The number of nitrogens with one attached hydrogen (secondary N) is 1. The fourth-order valence-corrected chi connectivity index (χ4v) is 4.16. The van der Waals surface area contributed by atoms with Gasteiger partial charge in [-0.25, -0.2) is 0 Å². The van der Waals surface area contributed by atoms with E-state index >= 15 is 0 Å². The number of aryl methyl sites for hydroxylation is 1. The normalized spacial score (nSPS) is 11.3. The molecule has 1 amide bonds. The number of hydrogen-bond acceptors (Lipinski definition) is 5. The Morgan fingerprint density at radius 1 is 1.21 bits per heavy atom.